The fraction of sp³-hybridized carbons (Fsp3) is 0.500. The number of carbonyl (C=O) groups excluding carboxylic acids is 2. The van der Waals surface area contributed by atoms with Crippen molar-refractivity contribution < 1.29 is 24.2 Å². The minimum Gasteiger partial charge on any atom is -0.475 e. The maximum Gasteiger partial charge on any atom is 0.413 e. The summed E-state index contributed by atoms with van der Waals surface area (Å²) >= 11 is 1.05. The van der Waals surface area contributed by atoms with Crippen molar-refractivity contribution in [1.82, 2.24) is 4.98 Å². The molecule has 0 saturated carbocycles. The highest BCUT2D eigenvalue weighted by Gasteiger charge is 2.24. The van der Waals surface area contributed by atoms with Gasteiger partial charge in [0.15, 0.2) is 5.13 Å². The van der Waals surface area contributed by atoms with E-state index in [9.17, 15) is 14.4 Å². The number of ketones is 1. The third-order valence-electron chi connectivity index (χ3n) is 2.04. The van der Waals surface area contributed by atoms with Crippen LogP contribution in [-0.2, 0) is 16.0 Å². The number of aryl methyl sites for hydroxylation is 1. The van der Waals surface area contributed by atoms with E-state index in [-0.39, 0.29) is 10.8 Å². The summed E-state index contributed by atoms with van der Waals surface area (Å²) in [6.07, 6.45) is -0.259. The lowest BCUT2D eigenvalue weighted by molar-refractivity contribution is -0.131. The number of aliphatic carboxylic acids is 1. The smallest absolute Gasteiger partial charge is 0.413 e. The number of ether oxygens (including phenoxy) is 1. The second-order valence-electron chi connectivity index (χ2n) is 4.91. The topological polar surface area (TPSA) is 106 Å². The van der Waals surface area contributed by atoms with Crippen LogP contribution in [0.3, 0.4) is 0 Å². The number of hydrogen-bond acceptors (Lipinski definition) is 6. The first kappa shape index (κ1) is 16.1. The van der Waals surface area contributed by atoms with Gasteiger partial charge in [-0.1, -0.05) is 6.92 Å². The Bertz CT molecular complexity index is 545. The largest absolute Gasteiger partial charge is 0.475 e. The Balaban J connectivity index is 2.91. The Morgan fingerprint density at radius 1 is 1.35 bits per heavy atom. The van der Waals surface area contributed by atoms with Gasteiger partial charge in [-0.3, -0.25) is 10.1 Å². The number of Topliss-reactive ketones (excluding diaryl/α,β-unsaturated/α-hetero) is 1. The Morgan fingerprint density at radius 3 is 2.40 bits per heavy atom. The third kappa shape index (κ3) is 4.30. The molecule has 8 heteroatoms. The lowest BCUT2D eigenvalue weighted by atomic mass is 10.2. The minimum atomic E-state index is -1.58. The molecule has 0 atom stereocenters. The molecule has 0 aromatic carbocycles. The van der Waals surface area contributed by atoms with E-state index in [1.165, 1.54) is 0 Å². The quantitative estimate of drug-likeness (QED) is 0.653. The standard InChI is InChI=1S/C12H16N2O5S/c1-5-6-7(8(15)9(16)17)13-10(20-6)14-11(18)19-12(2,3)4/h5H2,1-4H3,(H,16,17)(H,13,14,18). The van der Waals surface area contributed by atoms with Gasteiger partial charge < -0.3 is 9.84 Å². The molecule has 7 nitrogen and oxygen atoms in total. The molecule has 1 aromatic rings. The zero-order valence-electron chi connectivity index (χ0n) is 11.6. The molecule has 110 valence electrons. The molecule has 20 heavy (non-hydrogen) atoms. The van der Waals surface area contributed by atoms with Crippen LogP contribution in [0.15, 0.2) is 0 Å². The summed E-state index contributed by atoms with van der Waals surface area (Å²) in [7, 11) is 0. The van der Waals surface area contributed by atoms with E-state index in [2.05, 4.69) is 10.3 Å². The SMILES string of the molecule is CCc1sc(NC(=O)OC(C)(C)C)nc1C(=O)C(=O)O. The first-order chi connectivity index (χ1) is 9.14. The number of nitrogens with zero attached hydrogens (tertiary/aromatic N) is 1. The molecule has 0 fully saturated rings. The number of nitrogens with one attached hydrogen (secondary N) is 1. The predicted octanol–water partition coefficient (Wildman–Crippen LogP) is 2.32. The highest BCUT2D eigenvalue weighted by atomic mass is 32.1. The van der Waals surface area contributed by atoms with Crippen LogP contribution in [0.25, 0.3) is 0 Å². The number of anilines is 1. The van der Waals surface area contributed by atoms with E-state index in [0.29, 0.717) is 11.3 Å². The van der Waals surface area contributed by atoms with Gasteiger partial charge in [0.25, 0.3) is 5.78 Å². The Kier molecular flexibility index (Phi) is 4.83. The van der Waals surface area contributed by atoms with Crippen LogP contribution in [0.1, 0.15) is 43.1 Å². The highest BCUT2D eigenvalue weighted by Crippen LogP contribution is 2.24. The Hall–Kier alpha value is -1.96. The number of hydrogen-bond donors (Lipinski definition) is 2. The first-order valence-corrected chi connectivity index (χ1v) is 6.73. The molecule has 1 rings (SSSR count). The molecule has 0 saturated heterocycles. The number of carboxylic acid groups (broad SMARTS) is 1. The van der Waals surface area contributed by atoms with Gasteiger partial charge in [-0.25, -0.2) is 14.6 Å². The van der Waals surface area contributed by atoms with Gasteiger partial charge in [-0.05, 0) is 27.2 Å². The van der Waals surface area contributed by atoms with E-state index in [4.69, 9.17) is 9.84 Å². The first-order valence-electron chi connectivity index (χ1n) is 5.91. The number of aromatic nitrogens is 1. The summed E-state index contributed by atoms with van der Waals surface area (Å²) in [5, 5.41) is 11.2. The monoisotopic (exact) mass is 300 g/mol. The van der Waals surface area contributed by atoms with Crippen LogP contribution in [0, 0.1) is 0 Å². The number of carbonyl (C=O) groups is 3. The van der Waals surface area contributed by atoms with E-state index in [1.807, 2.05) is 0 Å². The number of rotatable bonds is 4. The zero-order valence-corrected chi connectivity index (χ0v) is 12.5. The minimum absolute atomic E-state index is 0.140. The lowest BCUT2D eigenvalue weighted by Crippen LogP contribution is -2.27. The molecule has 0 aliphatic heterocycles. The molecule has 1 aromatic heterocycles. The van der Waals surface area contributed by atoms with E-state index < -0.39 is 23.4 Å². The summed E-state index contributed by atoms with van der Waals surface area (Å²) in [5.74, 6) is -2.66. The van der Waals surface area contributed by atoms with Crippen LogP contribution in [0.2, 0.25) is 0 Å². The van der Waals surface area contributed by atoms with Gasteiger partial charge in [-0.2, -0.15) is 0 Å². The number of thiazole rings is 1. The van der Waals surface area contributed by atoms with Crippen LogP contribution >= 0.6 is 11.3 Å². The summed E-state index contributed by atoms with van der Waals surface area (Å²) in [6, 6.07) is 0. The van der Waals surface area contributed by atoms with Crippen molar-refractivity contribution in [1.29, 1.82) is 0 Å². The van der Waals surface area contributed by atoms with Crippen molar-refractivity contribution in [2.45, 2.75) is 39.7 Å². The van der Waals surface area contributed by atoms with Crippen molar-refractivity contribution in [2.75, 3.05) is 5.32 Å². The van der Waals surface area contributed by atoms with Crippen molar-refractivity contribution in [3.63, 3.8) is 0 Å². The van der Waals surface area contributed by atoms with Gasteiger partial charge >= 0.3 is 12.1 Å². The van der Waals surface area contributed by atoms with Crippen LogP contribution in [-0.4, -0.2) is 33.5 Å². The van der Waals surface area contributed by atoms with Crippen molar-refractivity contribution in [2.24, 2.45) is 0 Å². The van der Waals surface area contributed by atoms with Gasteiger partial charge in [-0.15, -0.1) is 11.3 Å². The molecule has 0 aliphatic carbocycles. The van der Waals surface area contributed by atoms with Crippen LogP contribution < -0.4 is 5.32 Å². The Morgan fingerprint density at radius 2 is 1.95 bits per heavy atom. The molecule has 0 radical (unpaired) electrons. The fourth-order valence-electron chi connectivity index (χ4n) is 1.31. The molecule has 1 amide bonds. The summed E-state index contributed by atoms with van der Waals surface area (Å²) in [6.45, 7) is 6.91. The van der Waals surface area contributed by atoms with Gasteiger partial charge in [0.2, 0.25) is 0 Å². The number of carboxylic acids is 1. The molecule has 0 bridgehead atoms. The van der Waals surface area contributed by atoms with Crippen molar-refractivity contribution in [3.05, 3.63) is 10.6 Å². The fourth-order valence-corrected chi connectivity index (χ4v) is 2.20. The molecule has 0 spiro atoms. The highest BCUT2D eigenvalue weighted by molar-refractivity contribution is 7.16. The van der Waals surface area contributed by atoms with Crippen LogP contribution in [0.4, 0.5) is 9.93 Å². The van der Waals surface area contributed by atoms with Crippen molar-refractivity contribution >= 4 is 34.3 Å². The van der Waals surface area contributed by atoms with Gasteiger partial charge in [0.05, 0.1) is 0 Å². The lowest BCUT2D eigenvalue weighted by Gasteiger charge is -2.18. The zero-order chi connectivity index (χ0) is 15.5. The summed E-state index contributed by atoms with van der Waals surface area (Å²) in [5.41, 5.74) is -0.801. The molecule has 0 aliphatic rings. The second-order valence-corrected chi connectivity index (χ2v) is 5.99. The average Bonchev–Trinajstić information content (AvgIpc) is 2.67. The maximum absolute atomic E-state index is 11.6. The second kappa shape index (κ2) is 6.00. The third-order valence-corrected chi connectivity index (χ3v) is 3.15. The molecule has 2 N–H and O–H groups in total. The van der Waals surface area contributed by atoms with Crippen molar-refractivity contribution in [3.8, 4) is 0 Å². The Labute approximate surface area is 120 Å². The van der Waals surface area contributed by atoms with Crippen LogP contribution in [0.5, 0.6) is 0 Å². The molecular formula is C12H16N2O5S. The summed E-state index contributed by atoms with van der Waals surface area (Å²) in [4.78, 5) is 38.1. The van der Waals surface area contributed by atoms with E-state index in [1.54, 1.807) is 27.7 Å². The predicted molar refractivity (Wildman–Crippen MR) is 73.3 cm³/mol. The molecule has 1 heterocycles. The van der Waals surface area contributed by atoms with Gasteiger partial charge in [0.1, 0.15) is 11.3 Å². The van der Waals surface area contributed by atoms with E-state index >= 15 is 0 Å². The van der Waals surface area contributed by atoms with E-state index in [0.717, 1.165) is 11.3 Å². The average molecular weight is 300 g/mol. The summed E-state index contributed by atoms with van der Waals surface area (Å²) < 4.78 is 5.05. The molecular weight excluding hydrogens is 284 g/mol. The molecule has 0 unspecified atom stereocenters. The van der Waals surface area contributed by atoms with Gasteiger partial charge in [0, 0.05) is 4.88 Å². The normalized spacial score (nSPS) is 11.0. The number of amides is 1. The maximum atomic E-state index is 11.6.